The molecular formula is C15H18F2N2O2. The minimum Gasteiger partial charge on any atom is -0.379 e. The molecule has 114 valence electrons. The first-order valence-electron chi connectivity index (χ1n) is 7.07. The van der Waals surface area contributed by atoms with Crippen LogP contribution in [0.4, 0.5) is 8.78 Å². The lowest BCUT2D eigenvalue weighted by Gasteiger charge is -2.29. The van der Waals surface area contributed by atoms with Crippen LogP contribution in [0.25, 0.3) is 0 Å². The summed E-state index contributed by atoms with van der Waals surface area (Å²) in [7, 11) is 2.01. The topological polar surface area (TPSA) is 32.8 Å². The van der Waals surface area contributed by atoms with E-state index >= 15 is 0 Å². The van der Waals surface area contributed by atoms with Gasteiger partial charge in [-0.3, -0.25) is 4.79 Å². The molecule has 1 aromatic rings. The third-order valence-electron chi connectivity index (χ3n) is 4.07. The fourth-order valence-electron chi connectivity index (χ4n) is 3.14. The first-order valence-corrected chi connectivity index (χ1v) is 7.07. The van der Waals surface area contributed by atoms with E-state index in [-0.39, 0.29) is 23.4 Å². The second kappa shape index (κ2) is 5.69. The molecule has 0 radical (unpaired) electrons. The van der Waals surface area contributed by atoms with E-state index in [9.17, 15) is 13.6 Å². The standard InChI is InChI=1S/C15H18F2N2O2/c1-18-5-10-6-19(12(7-18)9-21-8-10)15(20)13-3-2-11(16)4-14(13)17/h2-4,10,12H,5-9H2,1H3/t10-,12-/m0/s1. The van der Waals surface area contributed by atoms with Crippen LogP contribution in [0.2, 0.25) is 0 Å². The Hall–Kier alpha value is -1.53. The van der Waals surface area contributed by atoms with Gasteiger partial charge in [-0.2, -0.15) is 0 Å². The molecule has 2 heterocycles. The summed E-state index contributed by atoms with van der Waals surface area (Å²) in [6, 6.07) is 2.98. The third-order valence-corrected chi connectivity index (χ3v) is 4.07. The quantitative estimate of drug-likeness (QED) is 0.784. The molecule has 6 heteroatoms. The van der Waals surface area contributed by atoms with Gasteiger partial charge in [0, 0.05) is 31.6 Å². The number of hydrogen-bond donors (Lipinski definition) is 0. The normalized spacial score (nSPS) is 26.5. The van der Waals surface area contributed by atoms with E-state index in [1.165, 1.54) is 6.07 Å². The first-order chi connectivity index (χ1) is 10.0. The van der Waals surface area contributed by atoms with Gasteiger partial charge in [0.1, 0.15) is 11.6 Å². The highest BCUT2D eigenvalue weighted by Crippen LogP contribution is 2.22. The van der Waals surface area contributed by atoms with Crippen molar-refractivity contribution in [2.24, 2.45) is 5.92 Å². The van der Waals surface area contributed by atoms with E-state index in [1.54, 1.807) is 4.90 Å². The predicted octanol–water partition coefficient (Wildman–Crippen LogP) is 1.37. The van der Waals surface area contributed by atoms with Crippen LogP contribution in [0.15, 0.2) is 18.2 Å². The summed E-state index contributed by atoms with van der Waals surface area (Å²) >= 11 is 0. The maximum absolute atomic E-state index is 13.8. The summed E-state index contributed by atoms with van der Waals surface area (Å²) in [5.74, 6) is -1.66. The zero-order chi connectivity index (χ0) is 15.0. The lowest BCUT2D eigenvalue weighted by atomic mass is 10.1. The van der Waals surface area contributed by atoms with Crippen molar-refractivity contribution in [3.63, 3.8) is 0 Å². The minimum atomic E-state index is -0.812. The van der Waals surface area contributed by atoms with Crippen LogP contribution in [0.3, 0.4) is 0 Å². The molecule has 2 atom stereocenters. The summed E-state index contributed by atoms with van der Waals surface area (Å²) in [5.41, 5.74) is -0.0772. The Kier molecular flexibility index (Phi) is 3.91. The van der Waals surface area contributed by atoms with E-state index in [4.69, 9.17) is 4.74 Å². The van der Waals surface area contributed by atoms with Crippen molar-refractivity contribution in [1.82, 2.24) is 9.80 Å². The largest absolute Gasteiger partial charge is 0.379 e. The van der Waals surface area contributed by atoms with E-state index in [0.29, 0.717) is 26.3 Å². The molecule has 2 saturated heterocycles. The zero-order valence-corrected chi connectivity index (χ0v) is 11.9. The van der Waals surface area contributed by atoms with Crippen molar-refractivity contribution >= 4 is 5.91 Å². The van der Waals surface area contributed by atoms with E-state index in [1.807, 2.05) is 7.05 Å². The maximum Gasteiger partial charge on any atom is 0.257 e. The van der Waals surface area contributed by atoms with Gasteiger partial charge >= 0.3 is 0 Å². The fourth-order valence-corrected chi connectivity index (χ4v) is 3.14. The SMILES string of the molecule is CN1C[C@@H]2COC[C@H](C1)N(C(=O)c1ccc(F)cc1F)C2. The monoisotopic (exact) mass is 296 g/mol. The van der Waals surface area contributed by atoms with Gasteiger partial charge in [-0.1, -0.05) is 0 Å². The van der Waals surface area contributed by atoms with Gasteiger partial charge < -0.3 is 14.5 Å². The van der Waals surface area contributed by atoms with Gasteiger partial charge in [-0.05, 0) is 19.2 Å². The van der Waals surface area contributed by atoms with E-state index in [0.717, 1.165) is 18.7 Å². The maximum atomic E-state index is 13.8. The summed E-state index contributed by atoms with van der Waals surface area (Å²) in [4.78, 5) is 16.5. The molecule has 0 N–H and O–H groups in total. The molecule has 2 aliphatic rings. The van der Waals surface area contributed by atoms with Crippen LogP contribution in [0.1, 0.15) is 10.4 Å². The van der Waals surface area contributed by atoms with Crippen molar-refractivity contribution in [3.8, 4) is 0 Å². The van der Waals surface area contributed by atoms with Crippen LogP contribution in [-0.2, 0) is 4.74 Å². The Morgan fingerprint density at radius 3 is 2.81 bits per heavy atom. The predicted molar refractivity (Wildman–Crippen MR) is 73.0 cm³/mol. The minimum absolute atomic E-state index is 0.0772. The van der Waals surface area contributed by atoms with Crippen molar-refractivity contribution in [2.75, 3.05) is 39.9 Å². The second-order valence-electron chi connectivity index (χ2n) is 5.86. The van der Waals surface area contributed by atoms with Crippen LogP contribution in [0, 0.1) is 17.6 Å². The molecule has 4 nitrogen and oxygen atoms in total. The smallest absolute Gasteiger partial charge is 0.257 e. The number of carbonyl (C=O) groups is 1. The Balaban J connectivity index is 1.89. The second-order valence-corrected chi connectivity index (χ2v) is 5.86. The lowest BCUT2D eigenvalue weighted by Crippen LogP contribution is -2.46. The Bertz CT molecular complexity index is 552. The number of nitrogens with zero attached hydrogens (tertiary/aromatic N) is 2. The van der Waals surface area contributed by atoms with Crippen LogP contribution >= 0.6 is 0 Å². The van der Waals surface area contributed by atoms with E-state index < -0.39 is 11.6 Å². The summed E-state index contributed by atoms with van der Waals surface area (Å²) in [6.45, 7) is 3.16. The number of hydrogen-bond acceptors (Lipinski definition) is 3. The van der Waals surface area contributed by atoms with Crippen molar-refractivity contribution in [3.05, 3.63) is 35.4 Å². The zero-order valence-electron chi connectivity index (χ0n) is 11.9. The highest BCUT2D eigenvalue weighted by Gasteiger charge is 2.35. The van der Waals surface area contributed by atoms with Crippen LogP contribution in [-0.4, -0.2) is 61.6 Å². The first kappa shape index (κ1) is 14.4. The van der Waals surface area contributed by atoms with Crippen molar-refractivity contribution in [2.45, 2.75) is 6.04 Å². The number of halogens is 2. The molecule has 0 spiro atoms. The van der Waals surface area contributed by atoms with Gasteiger partial charge in [-0.25, -0.2) is 8.78 Å². The number of amides is 1. The van der Waals surface area contributed by atoms with Crippen LogP contribution < -0.4 is 0 Å². The molecule has 1 amide bonds. The summed E-state index contributed by atoms with van der Waals surface area (Å²) < 4.78 is 32.4. The van der Waals surface area contributed by atoms with Gasteiger partial charge in [0.25, 0.3) is 5.91 Å². The fraction of sp³-hybridized carbons (Fsp3) is 0.533. The molecule has 0 saturated carbocycles. The Morgan fingerprint density at radius 1 is 1.24 bits per heavy atom. The lowest BCUT2D eigenvalue weighted by molar-refractivity contribution is 0.0481. The molecule has 0 aliphatic carbocycles. The Labute approximate surface area is 122 Å². The number of fused-ring (bicyclic) bond motifs is 3. The van der Waals surface area contributed by atoms with Gasteiger partial charge in [0.15, 0.2) is 0 Å². The molecule has 2 fully saturated rings. The molecule has 21 heavy (non-hydrogen) atoms. The molecule has 3 rings (SSSR count). The molecule has 2 aliphatic heterocycles. The molecule has 2 bridgehead atoms. The average Bonchev–Trinajstić information content (AvgIpc) is 2.68. The average molecular weight is 296 g/mol. The molecular weight excluding hydrogens is 278 g/mol. The third kappa shape index (κ3) is 2.91. The number of carbonyl (C=O) groups excluding carboxylic acids is 1. The molecule has 0 unspecified atom stereocenters. The molecule has 1 aromatic carbocycles. The number of rotatable bonds is 1. The number of benzene rings is 1. The Morgan fingerprint density at radius 2 is 2.05 bits per heavy atom. The summed E-state index contributed by atoms with van der Waals surface area (Å²) in [5, 5.41) is 0. The number of ether oxygens (including phenoxy) is 1. The molecule has 0 aromatic heterocycles. The van der Waals surface area contributed by atoms with Crippen molar-refractivity contribution in [1.29, 1.82) is 0 Å². The van der Waals surface area contributed by atoms with E-state index in [2.05, 4.69) is 4.90 Å². The van der Waals surface area contributed by atoms with Crippen molar-refractivity contribution < 1.29 is 18.3 Å². The summed E-state index contributed by atoms with van der Waals surface area (Å²) in [6.07, 6.45) is 0. The highest BCUT2D eigenvalue weighted by molar-refractivity contribution is 5.94. The van der Waals surface area contributed by atoms with Gasteiger partial charge in [-0.15, -0.1) is 0 Å². The highest BCUT2D eigenvalue weighted by atomic mass is 19.1. The van der Waals surface area contributed by atoms with Gasteiger partial charge in [0.2, 0.25) is 0 Å². The van der Waals surface area contributed by atoms with Gasteiger partial charge in [0.05, 0.1) is 24.8 Å². The van der Waals surface area contributed by atoms with Crippen LogP contribution in [0.5, 0.6) is 0 Å². The number of likely N-dealkylation sites (N-methyl/N-ethyl adjacent to an activating group) is 1.